The fourth-order valence-corrected chi connectivity index (χ4v) is 4.30. The van der Waals surface area contributed by atoms with Gasteiger partial charge in [-0.3, -0.25) is 0 Å². The molecule has 0 aliphatic heterocycles. The molecule has 1 heteroatoms. The molecule has 1 aliphatic rings. The molecule has 0 heterocycles. The van der Waals surface area contributed by atoms with E-state index in [1.807, 2.05) is 24.3 Å². The highest BCUT2D eigenvalue weighted by Gasteiger charge is 2.19. The molecule has 0 unspecified atom stereocenters. The Morgan fingerprint density at radius 2 is 1.34 bits per heavy atom. The van der Waals surface area contributed by atoms with Gasteiger partial charge in [-0.05, 0) is 67.0 Å². The monoisotopic (exact) mass is 383 g/mol. The predicted molar refractivity (Wildman–Crippen MR) is 122 cm³/mol. The molecule has 1 nitrogen and oxygen atoms in total. The van der Waals surface area contributed by atoms with Gasteiger partial charge in [0.1, 0.15) is 0 Å². The lowest BCUT2D eigenvalue weighted by molar-refractivity contribution is 0.294. The molecule has 2 aromatic carbocycles. The average molecular weight is 384 g/mol. The van der Waals surface area contributed by atoms with Gasteiger partial charge in [0.05, 0.1) is 11.6 Å². The van der Waals surface area contributed by atoms with E-state index in [-0.39, 0.29) is 0 Å². The van der Waals surface area contributed by atoms with E-state index in [4.69, 9.17) is 5.26 Å². The van der Waals surface area contributed by atoms with Gasteiger partial charge in [-0.2, -0.15) is 5.26 Å². The summed E-state index contributed by atoms with van der Waals surface area (Å²) in [6.07, 6.45) is 13.7. The Morgan fingerprint density at radius 3 is 1.93 bits per heavy atom. The van der Waals surface area contributed by atoms with Crippen molar-refractivity contribution in [1.82, 2.24) is 0 Å². The highest BCUT2D eigenvalue weighted by atomic mass is 14.2. The van der Waals surface area contributed by atoms with E-state index in [9.17, 15) is 0 Å². The zero-order valence-corrected chi connectivity index (χ0v) is 17.8. The lowest BCUT2D eigenvalue weighted by Gasteiger charge is -2.25. The maximum Gasteiger partial charge on any atom is 0.0991 e. The van der Waals surface area contributed by atoms with Gasteiger partial charge in [0.2, 0.25) is 0 Å². The van der Waals surface area contributed by atoms with Crippen LogP contribution in [-0.2, 0) is 0 Å². The fourth-order valence-electron chi connectivity index (χ4n) is 4.30. The van der Waals surface area contributed by atoms with Gasteiger partial charge in [-0.1, -0.05) is 81.6 Å². The normalized spacial score (nSPS) is 18.5. The standard InChI is InChI=1S/C28H33N/c1-2-3-4-5-6-7-23-8-10-24(11-9-23)12-13-25-14-18-27(19-15-25)28-20-16-26(22-29)17-21-28/h14-21,23-24H,2-11H2,1H3. The first kappa shape index (κ1) is 21.2. The molecule has 3 rings (SSSR count). The van der Waals surface area contributed by atoms with E-state index in [0.29, 0.717) is 11.5 Å². The van der Waals surface area contributed by atoms with Crippen LogP contribution >= 0.6 is 0 Å². The molecule has 0 bridgehead atoms. The summed E-state index contributed by atoms with van der Waals surface area (Å²) in [5.41, 5.74) is 4.10. The molecule has 150 valence electrons. The maximum atomic E-state index is 8.92. The van der Waals surface area contributed by atoms with Gasteiger partial charge in [0, 0.05) is 11.5 Å². The van der Waals surface area contributed by atoms with Crippen molar-refractivity contribution in [2.24, 2.45) is 11.8 Å². The summed E-state index contributed by atoms with van der Waals surface area (Å²) in [5, 5.41) is 8.92. The van der Waals surface area contributed by atoms with Crippen LogP contribution in [0.2, 0.25) is 0 Å². The van der Waals surface area contributed by atoms with Crippen molar-refractivity contribution in [2.75, 3.05) is 0 Å². The molecule has 0 atom stereocenters. The maximum absolute atomic E-state index is 8.92. The van der Waals surface area contributed by atoms with Crippen LogP contribution in [0.1, 0.15) is 82.3 Å². The topological polar surface area (TPSA) is 23.8 Å². The van der Waals surface area contributed by atoms with Gasteiger partial charge >= 0.3 is 0 Å². The SMILES string of the molecule is CCCCCCCC1CCC(C#Cc2ccc(-c3ccc(C#N)cc3)cc2)CC1. The Morgan fingerprint density at radius 1 is 0.759 bits per heavy atom. The molecule has 0 saturated heterocycles. The quantitative estimate of drug-likeness (QED) is 0.354. The van der Waals surface area contributed by atoms with Crippen LogP contribution < -0.4 is 0 Å². The van der Waals surface area contributed by atoms with Crippen LogP contribution in [0, 0.1) is 35.0 Å². The number of nitrogens with zero attached hydrogens (tertiary/aromatic N) is 1. The number of nitriles is 1. The second kappa shape index (κ2) is 11.5. The van der Waals surface area contributed by atoms with Gasteiger partial charge in [0.25, 0.3) is 0 Å². The molecular formula is C28H33N. The van der Waals surface area contributed by atoms with Gasteiger partial charge in [-0.15, -0.1) is 0 Å². The predicted octanol–water partition coefficient (Wildman–Crippen LogP) is 7.74. The number of benzene rings is 2. The van der Waals surface area contributed by atoms with E-state index in [1.54, 1.807) is 0 Å². The number of rotatable bonds is 7. The van der Waals surface area contributed by atoms with Crippen molar-refractivity contribution in [3.05, 3.63) is 59.7 Å². The van der Waals surface area contributed by atoms with Crippen LogP contribution in [0.5, 0.6) is 0 Å². The minimum atomic E-state index is 0.574. The molecule has 2 aromatic rings. The Kier molecular flexibility index (Phi) is 8.40. The van der Waals surface area contributed by atoms with E-state index in [2.05, 4.69) is 49.1 Å². The first-order valence-electron chi connectivity index (χ1n) is 11.4. The summed E-state index contributed by atoms with van der Waals surface area (Å²) >= 11 is 0. The molecule has 0 aromatic heterocycles. The van der Waals surface area contributed by atoms with Crippen molar-refractivity contribution in [3.8, 4) is 29.0 Å². The summed E-state index contributed by atoms with van der Waals surface area (Å²) in [4.78, 5) is 0. The van der Waals surface area contributed by atoms with Crippen LogP contribution in [0.15, 0.2) is 48.5 Å². The number of unbranched alkanes of at least 4 members (excludes halogenated alkanes) is 4. The Labute approximate surface area is 177 Å². The molecule has 0 radical (unpaired) electrons. The lowest BCUT2D eigenvalue weighted by atomic mass is 9.80. The van der Waals surface area contributed by atoms with E-state index < -0.39 is 0 Å². The van der Waals surface area contributed by atoms with Crippen molar-refractivity contribution < 1.29 is 0 Å². The molecule has 1 aliphatic carbocycles. The highest BCUT2D eigenvalue weighted by molar-refractivity contribution is 5.65. The van der Waals surface area contributed by atoms with Crippen LogP contribution in [-0.4, -0.2) is 0 Å². The van der Waals surface area contributed by atoms with Gasteiger partial charge in [-0.25, -0.2) is 0 Å². The molecule has 0 amide bonds. The summed E-state index contributed by atoms with van der Waals surface area (Å²) in [7, 11) is 0. The second-order valence-electron chi connectivity index (χ2n) is 8.46. The summed E-state index contributed by atoms with van der Waals surface area (Å²) in [5.74, 6) is 8.45. The van der Waals surface area contributed by atoms with Crippen LogP contribution in [0.4, 0.5) is 0 Å². The van der Waals surface area contributed by atoms with Crippen molar-refractivity contribution >= 4 is 0 Å². The smallest absolute Gasteiger partial charge is 0.0991 e. The number of hydrogen-bond acceptors (Lipinski definition) is 1. The van der Waals surface area contributed by atoms with Crippen molar-refractivity contribution in [3.63, 3.8) is 0 Å². The lowest BCUT2D eigenvalue weighted by Crippen LogP contribution is -2.13. The zero-order valence-electron chi connectivity index (χ0n) is 17.8. The van der Waals surface area contributed by atoms with Gasteiger partial charge < -0.3 is 0 Å². The molecule has 29 heavy (non-hydrogen) atoms. The number of hydrogen-bond donors (Lipinski definition) is 0. The highest BCUT2D eigenvalue weighted by Crippen LogP contribution is 2.32. The summed E-state index contributed by atoms with van der Waals surface area (Å²) in [6.45, 7) is 2.28. The second-order valence-corrected chi connectivity index (χ2v) is 8.46. The van der Waals surface area contributed by atoms with Crippen molar-refractivity contribution in [2.45, 2.75) is 71.1 Å². The first-order valence-corrected chi connectivity index (χ1v) is 11.4. The third kappa shape index (κ3) is 6.80. The molecule has 1 fully saturated rings. The summed E-state index contributed by atoms with van der Waals surface area (Å²) < 4.78 is 0. The zero-order chi connectivity index (χ0) is 20.3. The minimum Gasteiger partial charge on any atom is -0.192 e. The van der Waals surface area contributed by atoms with E-state index in [0.717, 1.165) is 17.0 Å². The molecular weight excluding hydrogens is 350 g/mol. The van der Waals surface area contributed by atoms with Crippen LogP contribution in [0.3, 0.4) is 0 Å². The first-order chi connectivity index (χ1) is 14.3. The average Bonchev–Trinajstić information content (AvgIpc) is 2.79. The van der Waals surface area contributed by atoms with Crippen molar-refractivity contribution in [1.29, 1.82) is 5.26 Å². The van der Waals surface area contributed by atoms with E-state index in [1.165, 1.54) is 69.8 Å². The minimum absolute atomic E-state index is 0.574. The van der Waals surface area contributed by atoms with E-state index >= 15 is 0 Å². The molecule has 0 N–H and O–H groups in total. The Bertz CT molecular complexity index is 834. The van der Waals surface area contributed by atoms with Crippen LogP contribution in [0.25, 0.3) is 11.1 Å². The fraction of sp³-hybridized carbons (Fsp3) is 0.464. The third-order valence-electron chi connectivity index (χ3n) is 6.22. The van der Waals surface area contributed by atoms with Gasteiger partial charge in [0.15, 0.2) is 0 Å². The molecule has 0 spiro atoms. The summed E-state index contributed by atoms with van der Waals surface area (Å²) in [6, 6.07) is 18.4. The Hall–Kier alpha value is -2.51. The largest absolute Gasteiger partial charge is 0.192 e. The Balaban J connectivity index is 1.45. The third-order valence-corrected chi connectivity index (χ3v) is 6.22. The molecule has 1 saturated carbocycles.